The normalized spacial score (nSPS) is 11.7. The smallest absolute Gasteiger partial charge is 0.218 e. The van der Waals surface area contributed by atoms with Crippen molar-refractivity contribution in [2.45, 2.75) is 19.8 Å². The van der Waals surface area contributed by atoms with Crippen LogP contribution >= 0.6 is 11.6 Å². The Hall–Kier alpha value is -2.86. The lowest BCUT2D eigenvalue weighted by molar-refractivity contribution is -0.255. The number of azo groups is 1. The third-order valence-corrected chi connectivity index (χ3v) is 4.20. The Morgan fingerprint density at radius 2 is 1.96 bits per heavy atom. The fourth-order valence-electron chi connectivity index (χ4n) is 2.46. The van der Waals surface area contributed by atoms with Gasteiger partial charge in [0, 0.05) is 5.39 Å². The first kappa shape index (κ1) is 17.0. The maximum absolute atomic E-state index is 11.0. The predicted molar refractivity (Wildman–Crippen MR) is 94.0 cm³/mol. The highest BCUT2D eigenvalue weighted by Gasteiger charge is 2.12. The number of benzene rings is 2. The first-order valence-electron chi connectivity index (χ1n) is 7.64. The summed E-state index contributed by atoms with van der Waals surface area (Å²) in [6, 6.07) is 9.79. The molecule has 1 heterocycles. The van der Waals surface area contributed by atoms with Gasteiger partial charge in [-0.05, 0) is 41.3 Å². The molecular weight excluding hydrogens is 342 g/mol. The lowest BCUT2D eigenvalue weighted by atomic mass is 10.0. The molecule has 7 heteroatoms. The van der Waals surface area contributed by atoms with E-state index in [1.807, 2.05) is 18.2 Å². The summed E-state index contributed by atoms with van der Waals surface area (Å²) in [7, 11) is 0. The van der Waals surface area contributed by atoms with Crippen molar-refractivity contribution >= 4 is 39.8 Å². The fraction of sp³-hybridized carbons (Fsp3) is 0.167. The van der Waals surface area contributed by atoms with Gasteiger partial charge >= 0.3 is 0 Å². The van der Waals surface area contributed by atoms with E-state index in [0.717, 1.165) is 16.5 Å². The van der Waals surface area contributed by atoms with Crippen LogP contribution in [0.4, 0.5) is 11.4 Å². The summed E-state index contributed by atoms with van der Waals surface area (Å²) < 4.78 is 0. The summed E-state index contributed by atoms with van der Waals surface area (Å²) in [6.07, 6.45) is 0. The maximum Gasteiger partial charge on any atom is 0.218 e. The number of nitrogens with zero attached hydrogens (tertiary/aromatic N) is 2. The molecule has 0 atom stereocenters. The Morgan fingerprint density at radius 3 is 2.64 bits per heavy atom. The highest BCUT2D eigenvalue weighted by Crippen LogP contribution is 2.38. The van der Waals surface area contributed by atoms with E-state index in [4.69, 9.17) is 11.6 Å². The van der Waals surface area contributed by atoms with Crippen molar-refractivity contribution in [3.05, 3.63) is 52.5 Å². The second-order valence-electron chi connectivity index (χ2n) is 5.94. The molecule has 0 amide bonds. The van der Waals surface area contributed by atoms with Crippen molar-refractivity contribution in [2.24, 2.45) is 10.2 Å². The van der Waals surface area contributed by atoms with Gasteiger partial charge in [0.15, 0.2) is 5.69 Å². The summed E-state index contributed by atoms with van der Waals surface area (Å²) >= 11 is 6.03. The van der Waals surface area contributed by atoms with E-state index in [2.05, 4.69) is 29.1 Å². The highest BCUT2D eigenvalue weighted by atomic mass is 35.5. The van der Waals surface area contributed by atoms with Gasteiger partial charge in [0.25, 0.3) is 0 Å². The van der Waals surface area contributed by atoms with Gasteiger partial charge in [0.1, 0.15) is 5.69 Å². The number of H-pyrrole nitrogens is 1. The largest absolute Gasteiger partial charge is 0.545 e. The van der Waals surface area contributed by atoms with Gasteiger partial charge in [0.2, 0.25) is 5.88 Å². The molecule has 2 N–H and O–H groups in total. The second-order valence-corrected chi connectivity index (χ2v) is 6.34. The summed E-state index contributed by atoms with van der Waals surface area (Å²) in [5, 5.41) is 30.1. The van der Waals surface area contributed by atoms with Crippen LogP contribution in [-0.2, 0) is 0 Å². The molecule has 3 rings (SSSR count). The Labute approximate surface area is 148 Å². The molecule has 25 heavy (non-hydrogen) atoms. The summed E-state index contributed by atoms with van der Waals surface area (Å²) in [6.45, 7) is 4.14. The number of carbonyl (C=O) groups excluding carboxylic acids is 1. The molecule has 1 aromatic heterocycles. The first-order chi connectivity index (χ1) is 11.9. The van der Waals surface area contributed by atoms with Crippen LogP contribution in [-0.4, -0.2) is 16.1 Å². The van der Waals surface area contributed by atoms with Crippen LogP contribution in [0.3, 0.4) is 0 Å². The molecule has 0 saturated carbocycles. The van der Waals surface area contributed by atoms with Crippen molar-refractivity contribution in [1.82, 2.24) is 4.98 Å². The van der Waals surface area contributed by atoms with E-state index in [9.17, 15) is 15.0 Å². The number of rotatable bonds is 4. The molecular formula is C18H15ClN3O3-. The van der Waals surface area contributed by atoms with Crippen LogP contribution < -0.4 is 5.11 Å². The molecule has 0 bridgehead atoms. The molecule has 0 fully saturated rings. The molecule has 0 aliphatic heterocycles. The lowest BCUT2D eigenvalue weighted by Gasteiger charge is -2.05. The van der Waals surface area contributed by atoms with Gasteiger partial charge in [-0.15, -0.1) is 10.2 Å². The zero-order valence-corrected chi connectivity index (χ0v) is 14.3. The third kappa shape index (κ3) is 3.34. The SMILES string of the molecule is CC(C)c1ccc2[nH]c(O)c(N=Nc3cc(C(=O)[O-])ccc3Cl)c2c1. The lowest BCUT2D eigenvalue weighted by Crippen LogP contribution is -2.21. The predicted octanol–water partition coefficient (Wildman–Crippen LogP) is 4.43. The van der Waals surface area contributed by atoms with Gasteiger partial charge < -0.3 is 20.0 Å². The molecule has 0 radical (unpaired) electrons. The third-order valence-electron chi connectivity index (χ3n) is 3.88. The zero-order valence-electron chi connectivity index (χ0n) is 13.6. The summed E-state index contributed by atoms with van der Waals surface area (Å²) in [4.78, 5) is 13.8. The molecule has 128 valence electrons. The van der Waals surface area contributed by atoms with Gasteiger partial charge in [-0.2, -0.15) is 0 Å². The number of halogens is 1. The topological polar surface area (TPSA) is 101 Å². The summed E-state index contributed by atoms with van der Waals surface area (Å²) in [5.41, 5.74) is 2.22. The van der Waals surface area contributed by atoms with E-state index in [-0.39, 0.29) is 27.8 Å². The quantitative estimate of drug-likeness (QED) is 0.676. The maximum atomic E-state index is 11.0. The minimum Gasteiger partial charge on any atom is -0.545 e. The number of fused-ring (bicyclic) bond motifs is 1. The van der Waals surface area contributed by atoms with Crippen LogP contribution in [0.2, 0.25) is 5.02 Å². The molecule has 0 aliphatic rings. The Kier molecular flexibility index (Phi) is 4.46. The number of aromatic amines is 1. The average molecular weight is 357 g/mol. The monoisotopic (exact) mass is 356 g/mol. The van der Waals surface area contributed by atoms with E-state index < -0.39 is 5.97 Å². The van der Waals surface area contributed by atoms with Crippen LogP contribution in [0.25, 0.3) is 10.9 Å². The van der Waals surface area contributed by atoms with Gasteiger partial charge in [-0.1, -0.05) is 37.6 Å². The molecule has 3 aromatic rings. The number of carbonyl (C=O) groups is 1. The van der Waals surface area contributed by atoms with Crippen LogP contribution in [0.1, 0.15) is 35.7 Å². The zero-order chi connectivity index (χ0) is 18.1. The van der Waals surface area contributed by atoms with Gasteiger partial charge in [0.05, 0.1) is 16.5 Å². The minimum absolute atomic E-state index is 0.0522. The molecule has 0 unspecified atom stereocenters. The number of aromatic hydroxyl groups is 1. The van der Waals surface area contributed by atoms with Crippen molar-refractivity contribution in [3.63, 3.8) is 0 Å². The van der Waals surface area contributed by atoms with Gasteiger partial charge in [-0.25, -0.2) is 0 Å². The Morgan fingerprint density at radius 1 is 1.20 bits per heavy atom. The van der Waals surface area contributed by atoms with Crippen LogP contribution in [0.15, 0.2) is 46.6 Å². The van der Waals surface area contributed by atoms with Crippen molar-refractivity contribution < 1.29 is 15.0 Å². The van der Waals surface area contributed by atoms with E-state index in [1.165, 1.54) is 18.2 Å². The molecule has 0 aliphatic carbocycles. The van der Waals surface area contributed by atoms with E-state index >= 15 is 0 Å². The van der Waals surface area contributed by atoms with Gasteiger partial charge in [-0.3, -0.25) is 0 Å². The van der Waals surface area contributed by atoms with Crippen molar-refractivity contribution in [2.75, 3.05) is 0 Å². The number of hydrogen-bond donors (Lipinski definition) is 2. The van der Waals surface area contributed by atoms with E-state index in [0.29, 0.717) is 5.92 Å². The number of aromatic nitrogens is 1. The molecule has 2 aromatic carbocycles. The highest BCUT2D eigenvalue weighted by molar-refractivity contribution is 6.33. The number of aromatic carboxylic acids is 1. The molecule has 0 spiro atoms. The summed E-state index contributed by atoms with van der Waals surface area (Å²) in [5.74, 6) is -1.13. The van der Waals surface area contributed by atoms with Crippen molar-refractivity contribution in [1.29, 1.82) is 0 Å². The molecule has 6 nitrogen and oxygen atoms in total. The number of hydrogen-bond acceptors (Lipinski definition) is 5. The number of nitrogens with one attached hydrogen (secondary N) is 1. The number of carboxylic acids is 1. The Bertz CT molecular complexity index is 993. The number of carboxylic acid groups (broad SMARTS) is 1. The first-order valence-corrected chi connectivity index (χ1v) is 8.02. The van der Waals surface area contributed by atoms with Crippen LogP contribution in [0, 0.1) is 0 Å². The Balaban J connectivity index is 2.07. The van der Waals surface area contributed by atoms with Crippen molar-refractivity contribution in [3.8, 4) is 5.88 Å². The second kappa shape index (κ2) is 6.57. The molecule has 0 saturated heterocycles. The average Bonchev–Trinajstić information content (AvgIpc) is 2.88. The van der Waals surface area contributed by atoms with E-state index in [1.54, 1.807) is 0 Å². The minimum atomic E-state index is -1.33. The standard InChI is InChI=1S/C18H16ClN3O3/c1-9(2)10-4-6-14-12(7-10)16(17(23)20-14)22-21-15-8-11(18(24)25)3-5-13(15)19/h3-9,20,23H,1-2H3,(H,24,25)/p-1. The van der Waals surface area contributed by atoms with Crippen LogP contribution in [0.5, 0.6) is 5.88 Å². The fourth-order valence-corrected chi connectivity index (χ4v) is 2.62.